The Morgan fingerprint density at radius 3 is 2.33 bits per heavy atom. The summed E-state index contributed by atoms with van der Waals surface area (Å²) in [5.74, 6) is -1.13. The van der Waals surface area contributed by atoms with Crippen LogP contribution >= 0.6 is 0 Å². The maximum Gasteiger partial charge on any atom is 0.306 e. The van der Waals surface area contributed by atoms with Crippen molar-refractivity contribution < 1.29 is 14.7 Å². The van der Waals surface area contributed by atoms with Gasteiger partial charge in [0.05, 0.1) is 5.92 Å². The van der Waals surface area contributed by atoms with E-state index in [4.69, 9.17) is 5.11 Å². The fourth-order valence-corrected chi connectivity index (χ4v) is 2.58. The number of carboxylic acid groups (broad SMARTS) is 1. The summed E-state index contributed by atoms with van der Waals surface area (Å²) >= 11 is 0. The van der Waals surface area contributed by atoms with E-state index in [0.717, 1.165) is 12.8 Å². The van der Waals surface area contributed by atoms with Crippen molar-refractivity contribution in [2.24, 2.45) is 11.8 Å². The maximum atomic E-state index is 11.8. The second-order valence-corrected chi connectivity index (χ2v) is 5.63. The number of rotatable bonds is 6. The molecule has 0 aliphatic heterocycles. The minimum atomic E-state index is -0.796. The molecular weight excluding hydrogens is 230 g/mol. The Hall–Kier alpha value is -1.06. The first-order valence-corrected chi connectivity index (χ1v) is 7.03. The highest BCUT2D eigenvalue weighted by Crippen LogP contribution is 2.19. The number of hydrogen-bond donors (Lipinski definition) is 2. The van der Waals surface area contributed by atoms with Gasteiger partial charge >= 0.3 is 5.97 Å². The van der Waals surface area contributed by atoms with Gasteiger partial charge in [0.2, 0.25) is 5.91 Å². The second-order valence-electron chi connectivity index (χ2n) is 5.63. The van der Waals surface area contributed by atoms with Gasteiger partial charge in [0, 0.05) is 12.5 Å². The Kier molecular flexibility index (Phi) is 6.16. The lowest BCUT2D eigenvalue weighted by atomic mass is 9.91. The highest BCUT2D eigenvalue weighted by atomic mass is 16.4. The average molecular weight is 255 g/mol. The third-order valence-corrected chi connectivity index (χ3v) is 3.77. The van der Waals surface area contributed by atoms with Gasteiger partial charge in [0.1, 0.15) is 0 Å². The van der Waals surface area contributed by atoms with Gasteiger partial charge in [0.25, 0.3) is 0 Å². The van der Waals surface area contributed by atoms with E-state index in [0.29, 0.717) is 18.9 Å². The zero-order valence-corrected chi connectivity index (χ0v) is 11.4. The van der Waals surface area contributed by atoms with Crippen molar-refractivity contribution in [2.45, 2.75) is 64.8 Å². The van der Waals surface area contributed by atoms with Crippen LogP contribution in [0, 0.1) is 11.8 Å². The summed E-state index contributed by atoms with van der Waals surface area (Å²) in [5.41, 5.74) is 0. The Morgan fingerprint density at radius 1 is 1.22 bits per heavy atom. The first kappa shape index (κ1) is 15.0. The number of amides is 1. The van der Waals surface area contributed by atoms with Gasteiger partial charge in [0.15, 0.2) is 0 Å². The number of carbonyl (C=O) groups is 2. The number of aliphatic carboxylic acids is 1. The fraction of sp³-hybridized carbons (Fsp3) is 0.857. The third-order valence-electron chi connectivity index (χ3n) is 3.77. The maximum absolute atomic E-state index is 11.8. The largest absolute Gasteiger partial charge is 0.481 e. The Balaban J connectivity index is 2.28. The van der Waals surface area contributed by atoms with Crippen LogP contribution in [0.25, 0.3) is 0 Å². The lowest BCUT2D eigenvalue weighted by Crippen LogP contribution is -2.36. The molecule has 0 saturated heterocycles. The molecule has 18 heavy (non-hydrogen) atoms. The SMILES string of the molecule is CC(C)[C@H](CCC(=O)NC1CCCCC1)C(=O)O. The van der Waals surface area contributed by atoms with E-state index < -0.39 is 11.9 Å². The molecule has 1 fully saturated rings. The topological polar surface area (TPSA) is 66.4 Å². The summed E-state index contributed by atoms with van der Waals surface area (Å²) < 4.78 is 0. The average Bonchev–Trinajstić information content (AvgIpc) is 2.29. The number of hydrogen-bond acceptors (Lipinski definition) is 2. The molecule has 0 unspecified atom stereocenters. The lowest BCUT2D eigenvalue weighted by Gasteiger charge is -2.23. The van der Waals surface area contributed by atoms with E-state index in [1.54, 1.807) is 0 Å². The zero-order chi connectivity index (χ0) is 13.5. The molecule has 0 heterocycles. The smallest absolute Gasteiger partial charge is 0.306 e. The van der Waals surface area contributed by atoms with Crippen molar-refractivity contribution >= 4 is 11.9 Å². The van der Waals surface area contributed by atoms with Crippen LogP contribution in [0.3, 0.4) is 0 Å². The van der Waals surface area contributed by atoms with Gasteiger partial charge in [-0.25, -0.2) is 0 Å². The molecule has 1 aliphatic carbocycles. The van der Waals surface area contributed by atoms with E-state index in [2.05, 4.69) is 5.32 Å². The number of nitrogens with one attached hydrogen (secondary N) is 1. The van der Waals surface area contributed by atoms with Crippen molar-refractivity contribution in [3.05, 3.63) is 0 Å². The molecule has 104 valence electrons. The molecule has 1 saturated carbocycles. The summed E-state index contributed by atoms with van der Waals surface area (Å²) in [6, 6.07) is 0.313. The van der Waals surface area contributed by atoms with Crippen LogP contribution in [0.2, 0.25) is 0 Å². The predicted octanol–water partition coefficient (Wildman–Crippen LogP) is 2.57. The summed E-state index contributed by atoms with van der Waals surface area (Å²) in [7, 11) is 0. The predicted molar refractivity (Wildman–Crippen MR) is 70.2 cm³/mol. The van der Waals surface area contributed by atoms with E-state index in [9.17, 15) is 9.59 Å². The van der Waals surface area contributed by atoms with Crippen LogP contribution in [0.5, 0.6) is 0 Å². The third kappa shape index (κ3) is 5.07. The molecule has 1 amide bonds. The van der Waals surface area contributed by atoms with Gasteiger partial charge in [-0.05, 0) is 25.2 Å². The van der Waals surface area contributed by atoms with Crippen LogP contribution in [-0.4, -0.2) is 23.0 Å². The molecule has 2 N–H and O–H groups in total. The summed E-state index contributed by atoms with van der Waals surface area (Å²) in [4.78, 5) is 22.8. The monoisotopic (exact) mass is 255 g/mol. The van der Waals surface area contributed by atoms with Crippen LogP contribution in [-0.2, 0) is 9.59 Å². The number of carboxylic acids is 1. The van der Waals surface area contributed by atoms with Gasteiger partial charge < -0.3 is 10.4 Å². The first-order chi connectivity index (χ1) is 8.50. The molecule has 4 nitrogen and oxygen atoms in total. The summed E-state index contributed by atoms with van der Waals surface area (Å²) in [6.07, 6.45) is 6.54. The molecule has 1 atom stereocenters. The lowest BCUT2D eigenvalue weighted by molar-refractivity contribution is -0.143. The minimum absolute atomic E-state index is 0.00815. The van der Waals surface area contributed by atoms with E-state index >= 15 is 0 Å². The molecule has 1 rings (SSSR count). The van der Waals surface area contributed by atoms with Gasteiger partial charge in [-0.15, -0.1) is 0 Å². The van der Waals surface area contributed by atoms with E-state index in [1.807, 2.05) is 13.8 Å². The molecule has 1 aliphatic rings. The van der Waals surface area contributed by atoms with Crippen LogP contribution < -0.4 is 5.32 Å². The van der Waals surface area contributed by atoms with Crippen molar-refractivity contribution in [1.29, 1.82) is 0 Å². The van der Waals surface area contributed by atoms with Gasteiger partial charge in [-0.1, -0.05) is 33.1 Å². The van der Waals surface area contributed by atoms with E-state index in [1.165, 1.54) is 19.3 Å². The molecule has 0 aromatic rings. The zero-order valence-electron chi connectivity index (χ0n) is 11.4. The Bertz CT molecular complexity index is 283. The van der Waals surface area contributed by atoms with Crippen molar-refractivity contribution in [3.8, 4) is 0 Å². The first-order valence-electron chi connectivity index (χ1n) is 7.03. The van der Waals surface area contributed by atoms with Crippen LogP contribution in [0.4, 0.5) is 0 Å². The molecule has 4 heteroatoms. The molecular formula is C14H25NO3. The molecule has 0 radical (unpaired) electrons. The van der Waals surface area contributed by atoms with E-state index in [-0.39, 0.29) is 11.8 Å². The second kappa shape index (κ2) is 7.39. The minimum Gasteiger partial charge on any atom is -0.481 e. The highest BCUT2D eigenvalue weighted by Gasteiger charge is 2.23. The highest BCUT2D eigenvalue weighted by molar-refractivity contribution is 5.77. The van der Waals surface area contributed by atoms with Crippen molar-refractivity contribution in [3.63, 3.8) is 0 Å². The van der Waals surface area contributed by atoms with Gasteiger partial charge in [-0.2, -0.15) is 0 Å². The van der Waals surface area contributed by atoms with Crippen LogP contribution in [0.15, 0.2) is 0 Å². The Morgan fingerprint density at radius 2 is 1.83 bits per heavy atom. The van der Waals surface area contributed by atoms with Gasteiger partial charge in [-0.3, -0.25) is 9.59 Å². The fourth-order valence-electron chi connectivity index (χ4n) is 2.58. The Labute approximate surface area is 109 Å². The van der Waals surface area contributed by atoms with Crippen molar-refractivity contribution in [1.82, 2.24) is 5.32 Å². The van der Waals surface area contributed by atoms with Crippen LogP contribution in [0.1, 0.15) is 58.8 Å². The van der Waals surface area contributed by atoms with Crippen molar-refractivity contribution in [2.75, 3.05) is 0 Å². The molecule has 0 bridgehead atoms. The molecule has 0 spiro atoms. The quantitative estimate of drug-likeness (QED) is 0.766. The molecule has 0 aromatic carbocycles. The summed E-state index contributed by atoms with van der Waals surface area (Å²) in [6.45, 7) is 3.77. The normalized spacial score (nSPS) is 18.6. The number of carbonyl (C=O) groups excluding carboxylic acids is 1. The molecule has 0 aromatic heterocycles. The standard InChI is InChI=1S/C14H25NO3/c1-10(2)12(14(17)18)8-9-13(16)15-11-6-4-3-5-7-11/h10-12H,3-9H2,1-2H3,(H,15,16)(H,17,18)/t12-/m0/s1. The summed E-state index contributed by atoms with van der Waals surface area (Å²) in [5, 5.41) is 12.1.